The number of aliphatic hydroxyl groups excluding tert-OH is 1. The molecule has 0 aliphatic carbocycles. The molecule has 3 rings (SSSR count). The number of halogens is 1. The molecule has 1 aliphatic heterocycles. The molecule has 1 fully saturated rings. The number of morpholine rings is 1. The zero-order valence-corrected chi connectivity index (χ0v) is 11.2. The van der Waals surface area contributed by atoms with Gasteiger partial charge in [-0.1, -0.05) is 29.8 Å². The van der Waals surface area contributed by atoms with Crippen LogP contribution in [0.2, 0.25) is 5.15 Å². The predicted molar refractivity (Wildman–Crippen MR) is 75.8 cm³/mol. The van der Waals surface area contributed by atoms with Crippen molar-refractivity contribution in [3.8, 4) is 0 Å². The van der Waals surface area contributed by atoms with Gasteiger partial charge >= 0.3 is 0 Å². The number of aromatic nitrogens is 1. The van der Waals surface area contributed by atoms with Crippen LogP contribution in [0.4, 0.5) is 5.69 Å². The number of nitrogens with zero attached hydrogens (tertiary/aromatic N) is 2. The molecular formula is C14H15ClN2O2. The molecule has 4 nitrogen and oxygen atoms in total. The van der Waals surface area contributed by atoms with Crippen molar-refractivity contribution in [2.75, 3.05) is 31.2 Å². The van der Waals surface area contributed by atoms with Crippen LogP contribution in [0.5, 0.6) is 0 Å². The Balaban J connectivity index is 2.03. The first-order chi connectivity index (χ1) is 9.28. The van der Waals surface area contributed by atoms with Crippen molar-refractivity contribution in [3.63, 3.8) is 0 Å². The third kappa shape index (κ3) is 2.52. The molecule has 2 heterocycles. The van der Waals surface area contributed by atoms with Crippen LogP contribution >= 0.6 is 11.6 Å². The van der Waals surface area contributed by atoms with E-state index in [4.69, 9.17) is 16.3 Å². The number of hydrogen-bond donors (Lipinski definition) is 1. The molecule has 1 aromatic carbocycles. The number of rotatable bonds is 2. The van der Waals surface area contributed by atoms with E-state index < -0.39 is 0 Å². The third-order valence-corrected chi connectivity index (χ3v) is 3.54. The largest absolute Gasteiger partial charge is 0.394 e. The SMILES string of the molecule is OCC1CN(c2cc(Cl)nc3ccccc23)CCO1. The number of hydrogen-bond acceptors (Lipinski definition) is 4. The topological polar surface area (TPSA) is 45.6 Å². The molecule has 0 spiro atoms. The van der Waals surface area contributed by atoms with E-state index in [9.17, 15) is 5.11 Å². The van der Waals surface area contributed by atoms with Crippen LogP contribution < -0.4 is 4.90 Å². The fourth-order valence-corrected chi connectivity index (χ4v) is 2.63. The number of fused-ring (bicyclic) bond motifs is 1. The number of aliphatic hydroxyl groups is 1. The van der Waals surface area contributed by atoms with Gasteiger partial charge in [0.15, 0.2) is 0 Å². The summed E-state index contributed by atoms with van der Waals surface area (Å²) < 4.78 is 5.48. The fourth-order valence-electron chi connectivity index (χ4n) is 2.44. The minimum absolute atomic E-state index is 0.0350. The maximum atomic E-state index is 9.23. The summed E-state index contributed by atoms with van der Waals surface area (Å²) in [7, 11) is 0. The average Bonchev–Trinajstić information content (AvgIpc) is 2.46. The Hall–Kier alpha value is -1.36. The normalized spacial score (nSPS) is 19.9. The first kappa shape index (κ1) is 12.7. The van der Waals surface area contributed by atoms with Crippen LogP contribution in [-0.4, -0.2) is 42.5 Å². The van der Waals surface area contributed by atoms with Gasteiger partial charge in [0.05, 0.1) is 24.8 Å². The van der Waals surface area contributed by atoms with Gasteiger partial charge in [0.25, 0.3) is 0 Å². The maximum Gasteiger partial charge on any atom is 0.131 e. The lowest BCUT2D eigenvalue weighted by molar-refractivity contribution is 0.00364. The van der Waals surface area contributed by atoms with Crippen LogP contribution in [0.3, 0.4) is 0 Å². The Bertz CT molecular complexity index is 591. The van der Waals surface area contributed by atoms with Crippen LogP contribution in [0, 0.1) is 0 Å². The van der Waals surface area contributed by atoms with Crippen molar-refractivity contribution in [3.05, 3.63) is 35.5 Å². The molecule has 100 valence electrons. The number of anilines is 1. The first-order valence-corrected chi connectivity index (χ1v) is 6.68. The van der Waals surface area contributed by atoms with Gasteiger partial charge in [-0.05, 0) is 12.1 Å². The Labute approximate surface area is 116 Å². The summed E-state index contributed by atoms with van der Waals surface area (Å²) in [4.78, 5) is 6.52. The molecule has 1 saturated heterocycles. The Morgan fingerprint density at radius 2 is 2.26 bits per heavy atom. The monoisotopic (exact) mass is 278 g/mol. The molecular weight excluding hydrogens is 264 g/mol. The highest BCUT2D eigenvalue weighted by Crippen LogP contribution is 2.29. The predicted octanol–water partition coefficient (Wildman–Crippen LogP) is 2.09. The van der Waals surface area contributed by atoms with Gasteiger partial charge in [-0.25, -0.2) is 4.98 Å². The molecule has 1 atom stereocenters. The molecule has 1 unspecified atom stereocenters. The second-order valence-electron chi connectivity index (χ2n) is 4.60. The Morgan fingerprint density at radius 1 is 1.42 bits per heavy atom. The number of para-hydroxylation sites is 1. The number of benzene rings is 1. The van der Waals surface area contributed by atoms with Gasteiger partial charge in [-0.3, -0.25) is 0 Å². The lowest BCUT2D eigenvalue weighted by Gasteiger charge is -2.34. The van der Waals surface area contributed by atoms with Crippen molar-refractivity contribution in [1.82, 2.24) is 4.98 Å². The second-order valence-corrected chi connectivity index (χ2v) is 4.99. The van der Waals surface area contributed by atoms with Crippen molar-refractivity contribution in [2.24, 2.45) is 0 Å². The van der Waals surface area contributed by atoms with Crippen molar-refractivity contribution in [1.29, 1.82) is 0 Å². The minimum atomic E-state index is -0.139. The van der Waals surface area contributed by atoms with Gasteiger partial charge in [0.2, 0.25) is 0 Å². The lowest BCUT2D eigenvalue weighted by atomic mass is 10.1. The zero-order chi connectivity index (χ0) is 13.2. The van der Waals surface area contributed by atoms with Gasteiger partial charge in [0.1, 0.15) is 5.15 Å². The molecule has 2 aromatic rings. The zero-order valence-electron chi connectivity index (χ0n) is 10.4. The van der Waals surface area contributed by atoms with Crippen LogP contribution in [0.25, 0.3) is 10.9 Å². The van der Waals surface area contributed by atoms with Gasteiger partial charge in [-0.2, -0.15) is 0 Å². The van der Waals surface area contributed by atoms with Crippen LogP contribution in [0.15, 0.2) is 30.3 Å². The summed E-state index contributed by atoms with van der Waals surface area (Å²) >= 11 is 6.09. The average molecular weight is 279 g/mol. The van der Waals surface area contributed by atoms with E-state index in [0.717, 1.165) is 23.1 Å². The molecule has 0 saturated carbocycles. The summed E-state index contributed by atoms with van der Waals surface area (Å²) in [5.74, 6) is 0. The highest BCUT2D eigenvalue weighted by molar-refractivity contribution is 6.30. The lowest BCUT2D eigenvalue weighted by Crippen LogP contribution is -2.44. The van der Waals surface area contributed by atoms with Gasteiger partial charge in [-0.15, -0.1) is 0 Å². The molecule has 5 heteroatoms. The van der Waals surface area contributed by atoms with E-state index in [1.165, 1.54) is 0 Å². The van der Waals surface area contributed by atoms with E-state index in [0.29, 0.717) is 18.3 Å². The van der Waals surface area contributed by atoms with Crippen molar-refractivity contribution >= 4 is 28.2 Å². The van der Waals surface area contributed by atoms with Crippen molar-refractivity contribution < 1.29 is 9.84 Å². The Kier molecular flexibility index (Phi) is 3.55. The molecule has 1 aromatic heterocycles. The van der Waals surface area contributed by atoms with Crippen molar-refractivity contribution in [2.45, 2.75) is 6.10 Å². The Morgan fingerprint density at radius 3 is 3.11 bits per heavy atom. The van der Waals surface area contributed by atoms with Gasteiger partial charge in [0, 0.05) is 24.2 Å². The first-order valence-electron chi connectivity index (χ1n) is 6.30. The summed E-state index contributed by atoms with van der Waals surface area (Å²) in [5.41, 5.74) is 1.94. The van der Waals surface area contributed by atoms with E-state index in [2.05, 4.69) is 9.88 Å². The quantitative estimate of drug-likeness (QED) is 0.855. The molecule has 19 heavy (non-hydrogen) atoms. The summed E-state index contributed by atoms with van der Waals surface area (Å²) in [6.07, 6.45) is -0.139. The maximum absolute atomic E-state index is 9.23. The van der Waals surface area contributed by atoms with E-state index in [-0.39, 0.29) is 12.7 Å². The number of pyridine rings is 1. The third-order valence-electron chi connectivity index (χ3n) is 3.35. The van der Waals surface area contributed by atoms with Gasteiger partial charge < -0.3 is 14.7 Å². The molecule has 1 N–H and O–H groups in total. The second kappa shape index (κ2) is 5.33. The summed E-state index contributed by atoms with van der Waals surface area (Å²) in [6.45, 7) is 2.11. The smallest absolute Gasteiger partial charge is 0.131 e. The van der Waals surface area contributed by atoms with E-state index in [1.54, 1.807) is 0 Å². The molecule has 1 aliphatic rings. The summed E-state index contributed by atoms with van der Waals surface area (Å²) in [6, 6.07) is 9.81. The molecule has 0 amide bonds. The fraction of sp³-hybridized carbons (Fsp3) is 0.357. The molecule has 0 radical (unpaired) electrons. The number of ether oxygens (including phenoxy) is 1. The molecule has 0 bridgehead atoms. The standard InChI is InChI=1S/C14H15ClN2O2/c15-14-7-13(11-3-1-2-4-12(11)16-14)17-5-6-19-10(8-17)9-18/h1-4,7,10,18H,5-6,8-9H2. The highest BCUT2D eigenvalue weighted by atomic mass is 35.5. The summed E-state index contributed by atoms with van der Waals surface area (Å²) in [5, 5.41) is 10.8. The van der Waals surface area contributed by atoms with Crippen LogP contribution in [0.1, 0.15) is 0 Å². The minimum Gasteiger partial charge on any atom is -0.394 e. The van der Waals surface area contributed by atoms with Crippen LogP contribution in [-0.2, 0) is 4.74 Å². The van der Waals surface area contributed by atoms with E-state index in [1.807, 2.05) is 30.3 Å². The highest BCUT2D eigenvalue weighted by Gasteiger charge is 2.21. The van der Waals surface area contributed by atoms with E-state index >= 15 is 0 Å².